The standard InChI is InChI=1S/C10H18N4S/c1-8-12-13-10(15-8)11-6-9-4-3-5-14(2)7-9/h9H,3-7H2,1-2H3,(H,11,13). The van der Waals surface area contributed by atoms with Gasteiger partial charge >= 0.3 is 0 Å². The van der Waals surface area contributed by atoms with Gasteiger partial charge in [-0.05, 0) is 39.3 Å². The molecule has 0 aromatic carbocycles. The number of hydrogen-bond donors (Lipinski definition) is 1. The Labute approximate surface area is 94.7 Å². The van der Waals surface area contributed by atoms with Gasteiger partial charge in [0.05, 0.1) is 0 Å². The topological polar surface area (TPSA) is 41.1 Å². The number of nitrogens with one attached hydrogen (secondary N) is 1. The molecular formula is C10H18N4S. The van der Waals surface area contributed by atoms with Crippen LogP contribution in [0, 0.1) is 12.8 Å². The van der Waals surface area contributed by atoms with Crippen molar-refractivity contribution in [2.24, 2.45) is 5.92 Å². The van der Waals surface area contributed by atoms with E-state index in [4.69, 9.17) is 0 Å². The average molecular weight is 226 g/mol. The lowest BCUT2D eigenvalue weighted by molar-refractivity contribution is 0.217. The second-order valence-corrected chi connectivity index (χ2v) is 5.46. The highest BCUT2D eigenvalue weighted by atomic mass is 32.1. The number of aromatic nitrogens is 2. The highest BCUT2D eigenvalue weighted by Crippen LogP contribution is 2.18. The fraction of sp³-hybridized carbons (Fsp3) is 0.800. The predicted molar refractivity (Wildman–Crippen MR) is 63.4 cm³/mol. The van der Waals surface area contributed by atoms with Crippen LogP contribution in [0.4, 0.5) is 5.13 Å². The number of rotatable bonds is 3. The van der Waals surface area contributed by atoms with E-state index in [0.29, 0.717) is 0 Å². The third-order valence-electron chi connectivity index (χ3n) is 2.79. The number of hydrogen-bond acceptors (Lipinski definition) is 5. The lowest BCUT2D eigenvalue weighted by Gasteiger charge is -2.29. The Morgan fingerprint density at radius 2 is 2.40 bits per heavy atom. The molecule has 1 atom stereocenters. The van der Waals surface area contributed by atoms with E-state index < -0.39 is 0 Å². The second kappa shape index (κ2) is 4.90. The van der Waals surface area contributed by atoms with E-state index in [1.54, 1.807) is 11.3 Å². The maximum Gasteiger partial charge on any atom is 0.205 e. The van der Waals surface area contributed by atoms with Crippen LogP contribution in [-0.4, -0.2) is 41.8 Å². The van der Waals surface area contributed by atoms with Crippen molar-refractivity contribution in [2.45, 2.75) is 19.8 Å². The van der Waals surface area contributed by atoms with Crippen molar-refractivity contribution in [1.29, 1.82) is 0 Å². The van der Waals surface area contributed by atoms with E-state index in [0.717, 1.165) is 22.6 Å². The third kappa shape index (κ3) is 3.14. The zero-order chi connectivity index (χ0) is 10.7. The molecule has 84 valence electrons. The molecule has 15 heavy (non-hydrogen) atoms. The maximum absolute atomic E-state index is 4.06. The summed E-state index contributed by atoms with van der Waals surface area (Å²) in [5.74, 6) is 0.757. The Morgan fingerprint density at radius 1 is 1.53 bits per heavy atom. The summed E-state index contributed by atoms with van der Waals surface area (Å²) in [5, 5.41) is 13.4. The van der Waals surface area contributed by atoms with Gasteiger partial charge in [-0.1, -0.05) is 11.3 Å². The van der Waals surface area contributed by atoms with Gasteiger partial charge in [0.2, 0.25) is 5.13 Å². The Balaban J connectivity index is 1.77. The number of likely N-dealkylation sites (tertiary alicyclic amines) is 1. The van der Waals surface area contributed by atoms with Crippen LogP contribution in [0.3, 0.4) is 0 Å². The van der Waals surface area contributed by atoms with Gasteiger partial charge in [-0.3, -0.25) is 0 Å². The molecule has 1 aromatic heterocycles. The molecule has 0 spiro atoms. The summed E-state index contributed by atoms with van der Waals surface area (Å²) >= 11 is 1.63. The van der Waals surface area contributed by atoms with Gasteiger partial charge < -0.3 is 10.2 Å². The second-order valence-electron chi connectivity index (χ2n) is 4.28. The molecule has 0 aliphatic carbocycles. The predicted octanol–water partition coefficient (Wildman–Crippen LogP) is 1.60. The lowest BCUT2D eigenvalue weighted by Crippen LogP contribution is -2.35. The number of nitrogens with zero attached hydrogens (tertiary/aromatic N) is 3. The van der Waals surface area contributed by atoms with Crippen molar-refractivity contribution in [2.75, 3.05) is 32.0 Å². The largest absolute Gasteiger partial charge is 0.360 e. The van der Waals surface area contributed by atoms with Crippen molar-refractivity contribution >= 4 is 16.5 Å². The molecule has 1 aliphatic rings. The molecule has 1 aliphatic heterocycles. The zero-order valence-corrected chi connectivity index (χ0v) is 10.2. The van der Waals surface area contributed by atoms with Gasteiger partial charge in [0.25, 0.3) is 0 Å². The maximum atomic E-state index is 4.06. The van der Waals surface area contributed by atoms with E-state index in [-0.39, 0.29) is 0 Å². The first-order valence-corrected chi connectivity index (χ1v) is 6.28. The number of anilines is 1. The molecule has 0 amide bonds. The van der Waals surface area contributed by atoms with E-state index >= 15 is 0 Å². The van der Waals surface area contributed by atoms with Gasteiger partial charge in [-0.2, -0.15) is 0 Å². The van der Waals surface area contributed by atoms with Crippen LogP contribution < -0.4 is 5.32 Å². The first kappa shape index (κ1) is 10.8. The molecule has 1 fully saturated rings. The molecule has 0 saturated carbocycles. The average Bonchev–Trinajstić information content (AvgIpc) is 2.62. The summed E-state index contributed by atoms with van der Waals surface area (Å²) in [5.41, 5.74) is 0. The molecule has 1 N–H and O–H groups in total. The van der Waals surface area contributed by atoms with Crippen LogP contribution >= 0.6 is 11.3 Å². The van der Waals surface area contributed by atoms with Gasteiger partial charge in [0.15, 0.2) is 0 Å². The normalized spacial score (nSPS) is 22.9. The monoisotopic (exact) mass is 226 g/mol. The number of aryl methyl sites for hydroxylation is 1. The highest BCUT2D eigenvalue weighted by molar-refractivity contribution is 7.15. The minimum atomic E-state index is 0.757. The van der Waals surface area contributed by atoms with Gasteiger partial charge in [-0.25, -0.2) is 0 Å². The van der Waals surface area contributed by atoms with Crippen molar-refractivity contribution in [3.63, 3.8) is 0 Å². The SMILES string of the molecule is Cc1nnc(NCC2CCCN(C)C2)s1. The molecule has 1 aromatic rings. The van der Waals surface area contributed by atoms with Crippen molar-refractivity contribution in [3.8, 4) is 0 Å². The minimum Gasteiger partial charge on any atom is -0.360 e. The fourth-order valence-electron chi connectivity index (χ4n) is 2.04. The summed E-state index contributed by atoms with van der Waals surface area (Å²) in [7, 11) is 2.20. The van der Waals surface area contributed by atoms with E-state index in [2.05, 4.69) is 27.5 Å². The highest BCUT2D eigenvalue weighted by Gasteiger charge is 2.17. The van der Waals surface area contributed by atoms with Crippen molar-refractivity contribution in [1.82, 2.24) is 15.1 Å². The quantitative estimate of drug-likeness (QED) is 0.850. The summed E-state index contributed by atoms with van der Waals surface area (Å²) in [6, 6.07) is 0. The number of piperidine rings is 1. The van der Waals surface area contributed by atoms with Crippen LogP contribution in [0.15, 0.2) is 0 Å². The van der Waals surface area contributed by atoms with Crippen molar-refractivity contribution in [3.05, 3.63) is 5.01 Å². The zero-order valence-electron chi connectivity index (χ0n) is 9.36. The van der Waals surface area contributed by atoms with Crippen LogP contribution in [0.1, 0.15) is 17.8 Å². The van der Waals surface area contributed by atoms with Gasteiger partial charge in [0.1, 0.15) is 5.01 Å². The van der Waals surface area contributed by atoms with Crippen LogP contribution in [0.2, 0.25) is 0 Å². The van der Waals surface area contributed by atoms with Crippen LogP contribution in [0.5, 0.6) is 0 Å². The van der Waals surface area contributed by atoms with E-state index in [9.17, 15) is 0 Å². The molecule has 0 bridgehead atoms. The van der Waals surface area contributed by atoms with E-state index in [1.165, 1.54) is 25.9 Å². The summed E-state index contributed by atoms with van der Waals surface area (Å²) in [4.78, 5) is 2.40. The van der Waals surface area contributed by atoms with Gasteiger partial charge in [0, 0.05) is 13.1 Å². The summed E-state index contributed by atoms with van der Waals surface area (Å²) < 4.78 is 0. The van der Waals surface area contributed by atoms with Crippen LogP contribution in [-0.2, 0) is 0 Å². The first-order chi connectivity index (χ1) is 7.24. The Hall–Kier alpha value is -0.680. The molecule has 1 saturated heterocycles. The molecule has 4 nitrogen and oxygen atoms in total. The Morgan fingerprint density at radius 3 is 3.07 bits per heavy atom. The molecular weight excluding hydrogens is 208 g/mol. The molecule has 2 heterocycles. The van der Waals surface area contributed by atoms with Crippen LogP contribution in [0.25, 0.3) is 0 Å². The first-order valence-electron chi connectivity index (χ1n) is 5.46. The smallest absolute Gasteiger partial charge is 0.205 e. The Bertz CT molecular complexity index is 312. The Kier molecular flexibility index (Phi) is 3.53. The minimum absolute atomic E-state index is 0.757. The van der Waals surface area contributed by atoms with Crippen molar-refractivity contribution < 1.29 is 0 Å². The summed E-state index contributed by atoms with van der Waals surface area (Å²) in [6.45, 7) is 5.45. The summed E-state index contributed by atoms with van der Waals surface area (Å²) in [6.07, 6.45) is 2.65. The molecule has 1 unspecified atom stereocenters. The third-order valence-corrected chi connectivity index (χ3v) is 3.59. The fourth-order valence-corrected chi connectivity index (χ4v) is 2.64. The van der Waals surface area contributed by atoms with E-state index in [1.807, 2.05) is 6.92 Å². The molecule has 2 rings (SSSR count). The van der Waals surface area contributed by atoms with Gasteiger partial charge in [-0.15, -0.1) is 10.2 Å². The lowest BCUT2D eigenvalue weighted by atomic mass is 9.99. The molecule has 0 radical (unpaired) electrons. The molecule has 5 heteroatoms.